The molecule has 0 spiro atoms. The van der Waals surface area contributed by atoms with Gasteiger partial charge in [0.1, 0.15) is 12.6 Å². The van der Waals surface area contributed by atoms with Gasteiger partial charge >= 0.3 is 6.09 Å². The second-order valence-corrected chi connectivity index (χ2v) is 4.96. The van der Waals surface area contributed by atoms with Crippen molar-refractivity contribution >= 4 is 18.1 Å². The molecule has 2 amide bonds. The maximum atomic E-state index is 12.4. The van der Waals surface area contributed by atoms with E-state index in [2.05, 4.69) is 0 Å². The van der Waals surface area contributed by atoms with Crippen LogP contribution in [0.5, 0.6) is 0 Å². The molecule has 22 heavy (non-hydrogen) atoms. The van der Waals surface area contributed by atoms with Crippen LogP contribution in [-0.2, 0) is 9.53 Å². The fraction of sp³-hybridized carbons (Fsp3) is 0.111. The maximum Gasteiger partial charge on any atom is 0.417 e. The predicted octanol–water partition coefficient (Wildman–Crippen LogP) is 3.42. The number of benzene rings is 2. The summed E-state index contributed by atoms with van der Waals surface area (Å²) in [4.78, 5) is 25.4. The lowest BCUT2D eigenvalue weighted by atomic mass is 10.1. The highest BCUT2D eigenvalue weighted by molar-refractivity contribution is 6.02. The molecule has 2 aromatic carbocycles. The van der Waals surface area contributed by atoms with E-state index in [1.807, 2.05) is 60.7 Å². The fourth-order valence-corrected chi connectivity index (χ4v) is 2.40. The third kappa shape index (κ3) is 2.91. The van der Waals surface area contributed by atoms with Crippen molar-refractivity contribution in [1.82, 2.24) is 4.90 Å². The second kappa shape index (κ2) is 6.26. The molecule has 0 radical (unpaired) electrons. The van der Waals surface area contributed by atoms with Crippen molar-refractivity contribution in [2.45, 2.75) is 6.04 Å². The molecule has 2 aromatic rings. The zero-order valence-corrected chi connectivity index (χ0v) is 11.9. The molecule has 1 saturated heterocycles. The van der Waals surface area contributed by atoms with Crippen molar-refractivity contribution in [3.63, 3.8) is 0 Å². The number of hydrogen-bond donors (Lipinski definition) is 0. The zero-order chi connectivity index (χ0) is 15.4. The van der Waals surface area contributed by atoms with Crippen molar-refractivity contribution in [3.05, 3.63) is 77.9 Å². The maximum absolute atomic E-state index is 12.4. The Kier molecular flexibility index (Phi) is 4.01. The van der Waals surface area contributed by atoms with Gasteiger partial charge in [-0.05, 0) is 17.2 Å². The largest absolute Gasteiger partial charge is 0.446 e. The van der Waals surface area contributed by atoms with Crippen molar-refractivity contribution in [1.29, 1.82) is 0 Å². The first-order valence-corrected chi connectivity index (χ1v) is 7.04. The first-order chi connectivity index (χ1) is 10.8. The van der Waals surface area contributed by atoms with Gasteiger partial charge in [-0.25, -0.2) is 9.69 Å². The number of amides is 2. The summed E-state index contributed by atoms with van der Waals surface area (Å²) in [7, 11) is 0. The van der Waals surface area contributed by atoms with E-state index in [4.69, 9.17) is 4.74 Å². The van der Waals surface area contributed by atoms with Crippen LogP contribution >= 0.6 is 0 Å². The standard InChI is InChI=1S/C18H15NO3/c20-17(12-11-14-7-3-1-4-8-14)19-16(13-22-18(19)21)15-9-5-2-6-10-15/h1-12,16H,13H2/t16-/m0/s1. The molecule has 1 aliphatic rings. The van der Waals surface area contributed by atoms with Crippen LogP contribution in [-0.4, -0.2) is 23.5 Å². The summed E-state index contributed by atoms with van der Waals surface area (Å²) in [5, 5.41) is 0. The number of carbonyl (C=O) groups is 2. The number of carbonyl (C=O) groups excluding carboxylic acids is 2. The van der Waals surface area contributed by atoms with Gasteiger partial charge in [-0.3, -0.25) is 4.79 Å². The Morgan fingerprint density at radius 2 is 1.68 bits per heavy atom. The topological polar surface area (TPSA) is 46.6 Å². The Balaban J connectivity index is 1.80. The normalized spacial score (nSPS) is 17.7. The average molecular weight is 293 g/mol. The summed E-state index contributed by atoms with van der Waals surface area (Å²) in [5.74, 6) is -0.375. The van der Waals surface area contributed by atoms with Gasteiger partial charge in [-0.15, -0.1) is 0 Å². The molecule has 1 heterocycles. The van der Waals surface area contributed by atoms with E-state index >= 15 is 0 Å². The third-order valence-electron chi connectivity index (χ3n) is 3.51. The quantitative estimate of drug-likeness (QED) is 0.815. The van der Waals surface area contributed by atoms with Gasteiger partial charge in [0.25, 0.3) is 5.91 Å². The molecule has 110 valence electrons. The minimum atomic E-state index is -0.600. The number of rotatable bonds is 3. The average Bonchev–Trinajstić information content (AvgIpc) is 2.96. The molecule has 3 rings (SSSR count). The fourth-order valence-electron chi connectivity index (χ4n) is 2.40. The number of hydrogen-bond acceptors (Lipinski definition) is 3. The minimum absolute atomic E-state index is 0.188. The first-order valence-electron chi connectivity index (χ1n) is 7.04. The van der Waals surface area contributed by atoms with Gasteiger partial charge in [0.2, 0.25) is 0 Å². The molecular weight excluding hydrogens is 278 g/mol. The van der Waals surface area contributed by atoms with Gasteiger partial charge in [-0.2, -0.15) is 0 Å². The van der Waals surface area contributed by atoms with Crippen LogP contribution in [0.3, 0.4) is 0 Å². The number of nitrogens with zero attached hydrogens (tertiary/aromatic N) is 1. The van der Waals surface area contributed by atoms with Crippen LogP contribution in [0.25, 0.3) is 6.08 Å². The highest BCUT2D eigenvalue weighted by Gasteiger charge is 2.37. The van der Waals surface area contributed by atoms with Gasteiger partial charge in [0.05, 0.1) is 0 Å². The Morgan fingerprint density at radius 3 is 2.36 bits per heavy atom. The molecule has 0 unspecified atom stereocenters. The summed E-state index contributed by atoms with van der Waals surface area (Å²) in [6, 6.07) is 18.5. The van der Waals surface area contributed by atoms with E-state index in [0.29, 0.717) is 0 Å². The Labute approximate surface area is 128 Å². The van der Waals surface area contributed by atoms with Crippen LogP contribution < -0.4 is 0 Å². The lowest BCUT2D eigenvalue weighted by Crippen LogP contribution is -2.32. The van der Waals surface area contributed by atoms with Crippen molar-refractivity contribution < 1.29 is 14.3 Å². The van der Waals surface area contributed by atoms with Gasteiger partial charge in [-0.1, -0.05) is 60.7 Å². The number of cyclic esters (lactones) is 1. The molecule has 0 aliphatic carbocycles. The highest BCUT2D eigenvalue weighted by Crippen LogP contribution is 2.27. The highest BCUT2D eigenvalue weighted by atomic mass is 16.6. The molecular formula is C18H15NO3. The van der Waals surface area contributed by atoms with Gasteiger partial charge in [0, 0.05) is 6.08 Å². The molecule has 0 saturated carbocycles. The van der Waals surface area contributed by atoms with E-state index < -0.39 is 6.09 Å². The molecule has 1 fully saturated rings. The smallest absolute Gasteiger partial charge is 0.417 e. The lowest BCUT2D eigenvalue weighted by Gasteiger charge is -2.18. The molecule has 4 nitrogen and oxygen atoms in total. The number of ether oxygens (including phenoxy) is 1. The summed E-state index contributed by atoms with van der Waals surface area (Å²) in [6.07, 6.45) is 2.49. The number of imide groups is 1. The lowest BCUT2D eigenvalue weighted by molar-refractivity contribution is -0.124. The molecule has 1 atom stereocenters. The van der Waals surface area contributed by atoms with Crippen molar-refractivity contribution in [3.8, 4) is 0 Å². The van der Waals surface area contributed by atoms with Gasteiger partial charge in [0.15, 0.2) is 0 Å². The van der Waals surface area contributed by atoms with Crippen LogP contribution in [0.1, 0.15) is 17.2 Å². The Hall–Kier alpha value is -2.88. The molecule has 1 aliphatic heterocycles. The Bertz CT molecular complexity index is 695. The van der Waals surface area contributed by atoms with Crippen molar-refractivity contribution in [2.75, 3.05) is 6.61 Å². The van der Waals surface area contributed by atoms with Crippen LogP contribution in [0, 0.1) is 0 Å². The second-order valence-electron chi connectivity index (χ2n) is 4.96. The van der Waals surface area contributed by atoms with Crippen molar-refractivity contribution in [2.24, 2.45) is 0 Å². The minimum Gasteiger partial charge on any atom is -0.446 e. The molecule has 0 aromatic heterocycles. The van der Waals surface area contributed by atoms with E-state index in [9.17, 15) is 9.59 Å². The van der Waals surface area contributed by atoms with E-state index in [1.165, 1.54) is 6.08 Å². The van der Waals surface area contributed by atoms with E-state index in [0.717, 1.165) is 16.0 Å². The SMILES string of the molecule is O=C(C=Cc1ccccc1)N1C(=O)OC[C@H]1c1ccccc1. The third-order valence-corrected chi connectivity index (χ3v) is 3.51. The zero-order valence-electron chi connectivity index (χ0n) is 11.9. The summed E-state index contributed by atoms with van der Waals surface area (Å²) in [6.45, 7) is 0.188. The van der Waals surface area contributed by atoms with Crippen LogP contribution in [0.2, 0.25) is 0 Å². The molecule has 0 bridgehead atoms. The van der Waals surface area contributed by atoms with E-state index in [1.54, 1.807) is 6.08 Å². The predicted molar refractivity (Wildman–Crippen MR) is 82.9 cm³/mol. The molecule has 0 N–H and O–H groups in total. The van der Waals surface area contributed by atoms with Gasteiger partial charge < -0.3 is 4.74 Å². The summed E-state index contributed by atoms with van der Waals surface area (Å²) in [5.41, 5.74) is 1.79. The summed E-state index contributed by atoms with van der Waals surface area (Å²) >= 11 is 0. The Morgan fingerprint density at radius 1 is 1.05 bits per heavy atom. The first kappa shape index (κ1) is 14.1. The van der Waals surface area contributed by atoms with Crippen LogP contribution in [0.4, 0.5) is 4.79 Å². The van der Waals surface area contributed by atoms with Crippen LogP contribution in [0.15, 0.2) is 66.7 Å². The summed E-state index contributed by atoms with van der Waals surface area (Å²) < 4.78 is 5.04. The van der Waals surface area contributed by atoms with E-state index in [-0.39, 0.29) is 18.6 Å². The molecule has 4 heteroatoms. The monoisotopic (exact) mass is 293 g/mol.